The maximum Gasteiger partial charge on any atom is 0.262 e. The van der Waals surface area contributed by atoms with Gasteiger partial charge >= 0.3 is 0 Å². The lowest BCUT2D eigenvalue weighted by Crippen LogP contribution is -2.20. The van der Waals surface area contributed by atoms with Crippen LogP contribution in [-0.2, 0) is 4.79 Å². The third-order valence-electron chi connectivity index (χ3n) is 2.80. The Morgan fingerprint density at radius 1 is 1.13 bits per heavy atom. The smallest absolute Gasteiger partial charge is 0.262 e. The predicted octanol–water partition coefficient (Wildman–Crippen LogP) is 3.75. The molecule has 0 heterocycles. The third kappa shape index (κ3) is 4.37. The number of nitriles is 2. The largest absolute Gasteiger partial charge is 0.482 e. The number of carbonyl (C=O) groups is 1. The molecule has 0 radical (unpaired) electrons. The Kier molecular flexibility index (Phi) is 5.43. The Morgan fingerprint density at radius 3 is 2.57 bits per heavy atom. The summed E-state index contributed by atoms with van der Waals surface area (Å²) in [5, 5.41) is 20.9. The Labute approximate surface area is 142 Å². The fourth-order valence-corrected chi connectivity index (χ4v) is 2.14. The van der Waals surface area contributed by atoms with Crippen LogP contribution < -0.4 is 10.1 Å². The van der Waals surface area contributed by atoms with Gasteiger partial charge in [0.25, 0.3) is 5.91 Å². The molecular weight excluding hydrogens is 337 g/mol. The monoisotopic (exact) mass is 345 g/mol. The van der Waals surface area contributed by atoms with Crippen LogP contribution in [0.15, 0.2) is 36.4 Å². The van der Waals surface area contributed by atoms with E-state index in [-0.39, 0.29) is 17.4 Å². The maximum atomic E-state index is 11.9. The van der Waals surface area contributed by atoms with E-state index in [2.05, 4.69) is 5.32 Å². The van der Waals surface area contributed by atoms with E-state index in [1.807, 2.05) is 12.1 Å². The molecule has 0 saturated heterocycles. The quantitative estimate of drug-likeness (QED) is 0.913. The van der Waals surface area contributed by atoms with E-state index in [4.69, 9.17) is 38.5 Å². The predicted molar refractivity (Wildman–Crippen MR) is 86.5 cm³/mol. The summed E-state index contributed by atoms with van der Waals surface area (Å²) in [7, 11) is 0. The number of carbonyl (C=O) groups excluding carboxylic acids is 1. The molecule has 23 heavy (non-hydrogen) atoms. The number of halogens is 2. The van der Waals surface area contributed by atoms with E-state index >= 15 is 0 Å². The summed E-state index contributed by atoms with van der Waals surface area (Å²) in [6, 6.07) is 12.9. The molecule has 1 amide bonds. The zero-order valence-corrected chi connectivity index (χ0v) is 13.1. The van der Waals surface area contributed by atoms with Gasteiger partial charge in [0.2, 0.25) is 0 Å². The number of benzene rings is 2. The molecule has 0 spiro atoms. The number of ether oxygens (including phenoxy) is 1. The van der Waals surface area contributed by atoms with E-state index in [1.165, 1.54) is 30.3 Å². The highest BCUT2D eigenvalue weighted by molar-refractivity contribution is 6.32. The van der Waals surface area contributed by atoms with Crippen molar-refractivity contribution in [1.82, 2.24) is 0 Å². The number of hydrogen-bond acceptors (Lipinski definition) is 4. The number of amides is 1. The van der Waals surface area contributed by atoms with Crippen LogP contribution in [0.5, 0.6) is 5.75 Å². The molecule has 1 N–H and O–H groups in total. The molecule has 0 bridgehead atoms. The summed E-state index contributed by atoms with van der Waals surface area (Å²) in [4.78, 5) is 11.9. The number of hydrogen-bond donors (Lipinski definition) is 1. The van der Waals surface area contributed by atoms with Crippen molar-refractivity contribution in [3.8, 4) is 17.9 Å². The van der Waals surface area contributed by atoms with E-state index in [9.17, 15) is 4.79 Å². The number of anilines is 1. The van der Waals surface area contributed by atoms with E-state index < -0.39 is 5.91 Å². The molecular formula is C16H9Cl2N3O2. The molecule has 5 nitrogen and oxygen atoms in total. The first-order valence-electron chi connectivity index (χ1n) is 6.35. The molecule has 114 valence electrons. The van der Waals surface area contributed by atoms with Crippen molar-refractivity contribution in [1.29, 1.82) is 10.5 Å². The van der Waals surface area contributed by atoms with Crippen molar-refractivity contribution in [2.24, 2.45) is 0 Å². The topological polar surface area (TPSA) is 85.9 Å². The van der Waals surface area contributed by atoms with Gasteiger partial charge in [-0.1, -0.05) is 23.2 Å². The number of rotatable bonds is 4. The maximum absolute atomic E-state index is 11.9. The van der Waals surface area contributed by atoms with Gasteiger partial charge in [0.05, 0.1) is 27.9 Å². The highest BCUT2D eigenvalue weighted by Gasteiger charge is 2.10. The molecule has 0 aliphatic carbocycles. The van der Waals surface area contributed by atoms with Crippen LogP contribution in [0.25, 0.3) is 0 Å². The van der Waals surface area contributed by atoms with Gasteiger partial charge in [-0.2, -0.15) is 10.5 Å². The summed E-state index contributed by atoms with van der Waals surface area (Å²) >= 11 is 11.8. The minimum Gasteiger partial charge on any atom is -0.482 e. The van der Waals surface area contributed by atoms with Crippen LogP contribution in [-0.4, -0.2) is 12.5 Å². The molecule has 0 aliphatic heterocycles. The Bertz CT molecular complexity index is 838. The first-order valence-corrected chi connectivity index (χ1v) is 7.11. The molecule has 0 fully saturated rings. The Balaban J connectivity index is 2.03. The van der Waals surface area contributed by atoms with E-state index in [1.54, 1.807) is 6.07 Å². The lowest BCUT2D eigenvalue weighted by atomic mass is 10.2. The number of nitrogens with one attached hydrogen (secondary N) is 1. The summed E-state index contributed by atoms with van der Waals surface area (Å²) in [6.45, 7) is -0.303. The second-order valence-electron chi connectivity index (χ2n) is 4.40. The van der Waals surface area contributed by atoms with Gasteiger partial charge in [-0.05, 0) is 36.4 Å². The zero-order valence-electron chi connectivity index (χ0n) is 11.6. The average molecular weight is 346 g/mol. The minimum absolute atomic E-state index is 0.234. The van der Waals surface area contributed by atoms with E-state index in [0.29, 0.717) is 21.8 Å². The normalized spacial score (nSPS) is 9.57. The SMILES string of the molecule is N#Cc1ccc(OCC(=O)Nc2cc(Cl)ccc2C#N)c(Cl)c1. The van der Waals surface area contributed by atoms with Crippen molar-refractivity contribution in [2.45, 2.75) is 0 Å². The molecule has 2 aromatic rings. The molecule has 0 saturated carbocycles. The van der Waals surface area contributed by atoms with Crippen molar-refractivity contribution in [3.63, 3.8) is 0 Å². The van der Waals surface area contributed by atoms with Gasteiger partial charge in [0.15, 0.2) is 6.61 Å². The van der Waals surface area contributed by atoms with Gasteiger partial charge in [-0.3, -0.25) is 4.79 Å². The van der Waals surface area contributed by atoms with Crippen LogP contribution in [0.4, 0.5) is 5.69 Å². The third-order valence-corrected chi connectivity index (χ3v) is 3.33. The lowest BCUT2D eigenvalue weighted by Gasteiger charge is -2.10. The van der Waals surface area contributed by atoms with Crippen molar-refractivity contribution >= 4 is 34.8 Å². The molecule has 0 unspecified atom stereocenters. The first-order chi connectivity index (χ1) is 11.0. The lowest BCUT2D eigenvalue weighted by molar-refractivity contribution is -0.118. The summed E-state index contributed by atoms with van der Waals surface area (Å²) in [6.07, 6.45) is 0. The number of nitrogens with zero attached hydrogens (tertiary/aromatic N) is 2. The highest BCUT2D eigenvalue weighted by Crippen LogP contribution is 2.25. The molecule has 0 atom stereocenters. The van der Waals surface area contributed by atoms with Crippen LogP contribution in [0.2, 0.25) is 10.0 Å². The Morgan fingerprint density at radius 2 is 1.91 bits per heavy atom. The zero-order chi connectivity index (χ0) is 16.8. The standard InChI is InChI=1S/C16H9Cl2N3O2/c17-12-3-2-11(8-20)14(6-12)21-16(22)9-23-15-4-1-10(7-19)5-13(15)18/h1-6H,9H2,(H,21,22). The van der Waals surface area contributed by atoms with Gasteiger partial charge in [0, 0.05) is 5.02 Å². The second-order valence-corrected chi connectivity index (χ2v) is 5.24. The fourth-order valence-electron chi connectivity index (χ4n) is 1.73. The highest BCUT2D eigenvalue weighted by atomic mass is 35.5. The van der Waals surface area contributed by atoms with Gasteiger partial charge in [-0.15, -0.1) is 0 Å². The first kappa shape index (κ1) is 16.6. The van der Waals surface area contributed by atoms with Crippen molar-refractivity contribution < 1.29 is 9.53 Å². The van der Waals surface area contributed by atoms with Crippen LogP contribution >= 0.6 is 23.2 Å². The fraction of sp³-hybridized carbons (Fsp3) is 0.0625. The average Bonchev–Trinajstić information content (AvgIpc) is 2.54. The summed E-state index contributed by atoms with van der Waals surface area (Å²) < 4.78 is 5.30. The molecule has 0 aromatic heterocycles. The van der Waals surface area contributed by atoms with Gasteiger partial charge in [-0.25, -0.2) is 0 Å². The van der Waals surface area contributed by atoms with Crippen molar-refractivity contribution in [3.05, 3.63) is 57.6 Å². The van der Waals surface area contributed by atoms with E-state index in [0.717, 1.165) is 0 Å². The molecule has 2 aromatic carbocycles. The van der Waals surface area contributed by atoms with Gasteiger partial charge in [0.1, 0.15) is 11.8 Å². The van der Waals surface area contributed by atoms with Crippen LogP contribution in [0, 0.1) is 22.7 Å². The Hall–Kier alpha value is -2.73. The summed E-state index contributed by atoms with van der Waals surface area (Å²) in [5.41, 5.74) is 0.989. The molecule has 2 rings (SSSR count). The molecule has 0 aliphatic rings. The van der Waals surface area contributed by atoms with Crippen LogP contribution in [0.3, 0.4) is 0 Å². The minimum atomic E-state index is -0.468. The van der Waals surface area contributed by atoms with Gasteiger partial charge < -0.3 is 10.1 Å². The molecule has 7 heteroatoms. The van der Waals surface area contributed by atoms with Crippen LogP contribution in [0.1, 0.15) is 11.1 Å². The second kappa shape index (κ2) is 7.51. The summed E-state index contributed by atoms with van der Waals surface area (Å²) in [5.74, 6) is -0.184. The van der Waals surface area contributed by atoms with Crippen molar-refractivity contribution in [2.75, 3.05) is 11.9 Å².